The first-order chi connectivity index (χ1) is 17.1. The highest BCUT2D eigenvalue weighted by atomic mass is 19.3. The van der Waals surface area contributed by atoms with Crippen LogP contribution >= 0.6 is 0 Å². The van der Waals surface area contributed by atoms with Gasteiger partial charge in [0.15, 0.2) is 0 Å². The van der Waals surface area contributed by atoms with Gasteiger partial charge in [-0.1, -0.05) is 18.2 Å². The summed E-state index contributed by atoms with van der Waals surface area (Å²) in [4.78, 5) is 26.3. The molecule has 1 amide bonds. The van der Waals surface area contributed by atoms with Crippen molar-refractivity contribution >= 4 is 11.7 Å². The van der Waals surface area contributed by atoms with Crippen LogP contribution in [0.5, 0.6) is 0 Å². The Labute approximate surface area is 211 Å². The number of alkyl halides is 2. The molecule has 1 fully saturated rings. The van der Waals surface area contributed by atoms with Crippen LogP contribution in [0.15, 0.2) is 18.2 Å². The van der Waals surface area contributed by atoms with Crippen LogP contribution in [-0.4, -0.2) is 58.4 Å². The van der Waals surface area contributed by atoms with Gasteiger partial charge in [-0.05, 0) is 59.4 Å². The second kappa shape index (κ2) is 11.2. The van der Waals surface area contributed by atoms with E-state index in [4.69, 9.17) is 0 Å². The number of nitrogens with one attached hydrogen (secondary N) is 1. The van der Waals surface area contributed by atoms with Crippen LogP contribution in [0.2, 0.25) is 0 Å². The maximum atomic E-state index is 14.7. The van der Waals surface area contributed by atoms with Crippen molar-refractivity contribution in [3.05, 3.63) is 52.2 Å². The Bertz CT molecular complexity index is 1100. The van der Waals surface area contributed by atoms with Gasteiger partial charge < -0.3 is 15.1 Å². The normalized spacial score (nSPS) is 21.4. The zero-order chi connectivity index (χ0) is 26.0. The molecule has 196 valence electrons. The molecule has 9 heteroatoms. The van der Waals surface area contributed by atoms with E-state index in [1.165, 1.54) is 12.1 Å². The zero-order valence-electron chi connectivity index (χ0n) is 21.5. The highest BCUT2D eigenvalue weighted by Crippen LogP contribution is 2.34. The third-order valence-corrected chi connectivity index (χ3v) is 7.68. The van der Waals surface area contributed by atoms with E-state index in [1.54, 1.807) is 6.92 Å². The number of anilines is 1. The van der Waals surface area contributed by atoms with Gasteiger partial charge in [0, 0.05) is 48.9 Å². The topological polar surface area (TPSA) is 61.4 Å². The van der Waals surface area contributed by atoms with Gasteiger partial charge in [-0.3, -0.25) is 4.79 Å². The number of aromatic nitrogens is 2. The predicted molar refractivity (Wildman–Crippen MR) is 134 cm³/mol. The fourth-order valence-corrected chi connectivity index (χ4v) is 5.29. The highest BCUT2D eigenvalue weighted by molar-refractivity contribution is 5.76. The Morgan fingerprint density at radius 1 is 1.22 bits per heavy atom. The lowest BCUT2D eigenvalue weighted by Crippen LogP contribution is -2.52. The van der Waals surface area contributed by atoms with Crippen molar-refractivity contribution in [2.24, 2.45) is 5.92 Å². The molecule has 0 radical (unpaired) electrons. The first-order valence-electron chi connectivity index (χ1n) is 12.8. The molecular formula is C27H36F3N5O. The molecule has 2 aromatic rings. The summed E-state index contributed by atoms with van der Waals surface area (Å²) in [5, 5.41) is 3.26. The number of amides is 1. The van der Waals surface area contributed by atoms with Crippen LogP contribution < -0.4 is 5.32 Å². The molecule has 6 nitrogen and oxygen atoms in total. The number of fused-ring (bicyclic) bond motifs is 1. The summed E-state index contributed by atoms with van der Waals surface area (Å²) in [5.74, 6) is 0.884. The number of halogens is 3. The van der Waals surface area contributed by atoms with Gasteiger partial charge in [0.05, 0.1) is 11.6 Å². The number of rotatable bonds is 7. The summed E-state index contributed by atoms with van der Waals surface area (Å²) in [6.07, 6.45) is 0.929. The third-order valence-electron chi connectivity index (χ3n) is 7.68. The van der Waals surface area contributed by atoms with E-state index in [0.717, 1.165) is 62.6 Å². The van der Waals surface area contributed by atoms with Crippen molar-refractivity contribution < 1.29 is 18.0 Å². The van der Waals surface area contributed by atoms with Crippen molar-refractivity contribution in [1.82, 2.24) is 19.8 Å². The highest BCUT2D eigenvalue weighted by Gasteiger charge is 2.28. The second-order valence-electron chi connectivity index (χ2n) is 10.3. The number of carbonyl (C=O) groups excluding carboxylic acids is 1. The Balaban J connectivity index is 1.44. The molecule has 1 aromatic heterocycles. The molecule has 3 atom stereocenters. The average Bonchev–Trinajstić information content (AvgIpc) is 2.84. The van der Waals surface area contributed by atoms with E-state index in [0.29, 0.717) is 30.0 Å². The summed E-state index contributed by atoms with van der Waals surface area (Å²) in [6.45, 7) is 8.14. The molecule has 1 saturated heterocycles. The van der Waals surface area contributed by atoms with Gasteiger partial charge in [0.2, 0.25) is 5.91 Å². The number of piperazine rings is 1. The van der Waals surface area contributed by atoms with Gasteiger partial charge in [-0.15, -0.1) is 0 Å². The Morgan fingerprint density at radius 2 is 1.97 bits per heavy atom. The third kappa shape index (κ3) is 5.82. The van der Waals surface area contributed by atoms with Gasteiger partial charge in [-0.2, -0.15) is 0 Å². The van der Waals surface area contributed by atoms with E-state index >= 15 is 0 Å². The van der Waals surface area contributed by atoms with E-state index in [1.807, 2.05) is 11.8 Å². The number of likely N-dealkylation sites (N-methyl/N-ethyl adjacent to an activating group) is 1. The van der Waals surface area contributed by atoms with Crippen LogP contribution in [-0.2, 0) is 17.6 Å². The molecule has 1 aliphatic carbocycles. The van der Waals surface area contributed by atoms with Crippen LogP contribution in [0, 0.1) is 18.7 Å². The Kier molecular flexibility index (Phi) is 8.17. The summed E-state index contributed by atoms with van der Waals surface area (Å²) >= 11 is 0. The minimum absolute atomic E-state index is 0.178. The monoisotopic (exact) mass is 503 g/mol. The summed E-state index contributed by atoms with van der Waals surface area (Å²) in [5.41, 5.74) is 1.53. The van der Waals surface area contributed by atoms with Crippen molar-refractivity contribution in [1.29, 1.82) is 0 Å². The van der Waals surface area contributed by atoms with E-state index in [9.17, 15) is 18.0 Å². The van der Waals surface area contributed by atoms with Crippen molar-refractivity contribution in [3.63, 3.8) is 0 Å². The van der Waals surface area contributed by atoms with E-state index in [-0.39, 0.29) is 11.5 Å². The molecular weight excluding hydrogens is 467 g/mol. The van der Waals surface area contributed by atoms with Gasteiger partial charge in [-0.25, -0.2) is 23.1 Å². The lowest BCUT2D eigenvalue weighted by molar-refractivity contribution is -0.134. The molecule has 1 unspecified atom stereocenters. The summed E-state index contributed by atoms with van der Waals surface area (Å²) in [6, 6.07) is 3.90. The SMILES string of the molecule is Cc1nc2c(c(N[C@H](C)c3cccc(C(F)F)c3F)n1)CC(CCC(=O)N1CCN(C)[C@@H](C)C1)CC2. The summed E-state index contributed by atoms with van der Waals surface area (Å²) in [7, 11) is 2.09. The molecule has 1 N–H and O–H groups in total. The van der Waals surface area contributed by atoms with Gasteiger partial charge in [0.1, 0.15) is 17.5 Å². The molecule has 1 aromatic carbocycles. The van der Waals surface area contributed by atoms with Crippen LogP contribution in [0.3, 0.4) is 0 Å². The number of hydrogen-bond donors (Lipinski definition) is 1. The first-order valence-corrected chi connectivity index (χ1v) is 12.8. The molecule has 1 aliphatic heterocycles. The lowest BCUT2D eigenvalue weighted by Gasteiger charge is -2.38. The van der Waals surface area contributed by atoms with Crippen LogP contribution in [0.4, 0.5) is 19.0 Å². The van der Waals surface area contributed by atoms with E-state index in [2.05, 4.69) is 34.2 Å². The number of carbonyl (C=O) groups is 1. The molecule has 0 bridgehead atoms. The van der Waals surface area contributed by atoms with Gasteiger partial charge >= 0.3 is 0 Å². The number of aryl methyl sites for hydroxylation is 2. The maximum Gasteiger partial charge on any atom is 0.266 e. The molecule has 36 heavy (non-hydrogen) atoms. The minimum atomic E-state index is -2.87. The zero-order valence-corrected chi connectivity index (χ0v) is 21.5. The number of benzene rings is 1. The minimum Gasteiger partial charge on any atom is -0.363 e. The molecule has 0 spiro atoms. The Morgan fingerprint density at radius 3 is 2.69 bits per heavy atom. The van der Waals surface area contributed by atoms with Crippen molar-refractivity contribution in [2.75, 3.05) is 32.0 Å². The number of hydrogen-bond acceptors (Lipinski definition) is 5. The summed E-state index contributed by atoms with van der Waals surface area (Å²) < 4.78 is 41.1. The number of nitrogens with zero attached hydrogens (tertiary/aromatic N) is 4. The lowest BCUT2D eigenvalue weighted by atomic mass is 9.83. The first kappa shape index (κ1) is 26.4. The fraction of sp³-hybridized carbons (Fsp3) is 0.593. The average molecular weight is 504 g/mol. The molecule has 0 saturated carbocycles. The van der Waals surface area contributed by atoms with E-state index < -0.39 is 23.8 Å². The van der Waals surface area contributed by atoms with Crippen LogP contribution in [0.1, 0.15) is 73.8 Å². The second-order valence-corrected chi connectivity index (χ2v) is 10.3. The largest absolute Gasteiger partial charge is 0.363 e. The Hall–Kier alpha value is -2.68. The predicted octanol–water partition coefficient (Wildman–Crippen LogP) is 5.08. The standard InChI is InChI=1S/C27H36F3N5O/c1-16-15-35(13-12-34(16)4)24(36)11-9-19-8-10-23-22(14-19)27(33-18(3)32-23)31-17(2)20-6-5-7-21(25(20)28)26(29)30/h5-7,16-17,19,26H,8-15H2,1-4H3,(H,31,32,33)/t16-,17+,19?/m0/s1. The van der Waals surface area contributed by atoms with Crippen LogP contribution in [0.25, 0.3) is 0 Å². The molecule has 2 heterocycles. The molecule has 2 aliphatic rings. The van der Waals surface area contributed by atoms with Crippen molar-refractivity contribution in [2.45, 2.75) is 71.4 Å². The smallest absolute Gasteiger partial charge is 0.266 e. The van der Waals surface area contributed by atoms with Crippen molar-refractivity contribution in [3.8, 4) is 0 Å². The molecule has 4 rings (SSSR count). The quantitative estimate of drug-likeness (QED) is 0.571. The van der Waals surface area contributed by atoms with Gasteiger partial charge in [0.25, 0.3) is 6.43 Å². The maximum absolute atomic E-state index is 14.7. The fourth-order valence-electron chi connectivity index (χ4n) is 5.29.